The summed E-state index contributed by atoms with van der Waals surface area (Å²) < 4.78 is 47.0. The second-order valence-corrected chi connectivity index (χ2v) is 11.6. The van der Waals surface area contributed by atoms with E-state index < -0.39 is 36.5 Å². The Morgan fingerprint density at radius 3 is 2.37 bits per heavy atom. The predicted octanol–water partition coefficient (Wildman–Crippen LogP) is 6.38. The molecule has 1 aliphatic heterocycles. The fraction of sp³-hybridized carbons (Fsp3) is 0.393. The van der Waals surface area contributed by atoms with Gasteiger partial charge in [0.25, 0.3) is 0 Å². The van der Waals surface area contributed by atoms with Crippen LogP contribution in [0.2, 0.25) is 0 Å². The fourth-order valence-electron chi connectivity index (χ4n) is 4.42. The van der Waals surface area contributed by atoms with Crippen molar-refractivity contribution in [2.75, 3.05) is 25.0 Å². The predicted molar refractivity (Wildman–Crippen MR) is 148 cm³/mol. The first-order chi connectivity index (χ1) is 19.1. The van der Waals surface area contributed by atoms with Crippen LogP contribution in [0.4, 0.5) is 27.9 Å². The molecule has 216 valence electrons. The van der Waals surface area contributed by atoms with Crippen molar-refractivity contribution in [3.8, 4) is 27.8 Å². The Kier molecular flexibility index (Phi) is 8.26. The quantitative estimate of drug-likeness (QED) is 0.382. The highest BCUT2D eigenvalue weighted by Crippen LogP contribution is 2.40. The van der Waals surface area contributed by atoms with Crippen molar-refractivity contribution in [2.45, 2.75) is 52.4 Å². The zero-order valence-electron chi connectivity index (χ0n) is 23.2. The Labute approximate surface area is 239 Å². The second-order valence-electron chi connectivity index (χ2n) is 10.6. The number of halogens is 3. The third-order valence-electron chi connectivity index (χ3n) is 6.12. The number of ether oxygens (including phenoxy) is 1. The molecule has 9 nitrogen and oxygen atoms in total. The monoisotopic (exact) mass is 586 g/mol. The molecule has 1 fully saturated rings. The van der Waals surface area contributed by atoms with Crippen LogP contribution in [0.15, 0.2) is 36.4 Å². The molecule has 1 saturated heterocycles. The number of nitriles is 1. The van der Waals surface area contributed by atoms with E-state index in [1.54, 1.807) is 45.0 Å². The molecule has 4 rings (SSSR count). The Hall–Kier alpha value is -4.18. The Morgan fingerprint density at radius 2 is 1.76 bits per heavy atom. The molecule has 41 heavy (non-hydrogen) atoms. The number of thiazole rings is 1. The van der Waals surface area contributed by atoms with Gasteiger partial charge in [-0.15, -0.1) is 0 Å². The number of urea groups is 1. The van der Waals surface area contributed by atoms with Crippen LogP contribution in [-0.4, -0.2) is 69.3 Å². The number of nitrogens with zero attached hydrogens (tertiary/aromatic N) is 5. The van der Waals surface area contributed by atoms with Gasteiger partial charge >= 0.3 is 18.3 Å². The van der Waals surface area contributed by atoms with Crippen molar-refractivity contribution in [1.82, 2.24) is 19.8 Å². The minimum Gasteiger partial charge on any atom is -0.444 e. The lowest BCUT2D eigenvalue weighted by Crippen LogP contribution is -2.62. The molecule has 0 bridgehead atoms. The topological polar surface area (TPSA) is 111 Å². The standard InChI is InChI=1S/C28H29F3N6O3S/c1-16-11-20(12-17(2)33-16)23-22(19-8-6-7-18(13-19)14-32)34-24(41-23)35-25(38)36-9-10-37(21(15-36)28(29,30)31)26(39)40-27(3,4)5/h6-8,11-13,21H,9-10,15H2,1-5H3,(H,34,35,38). The summed E-state index contributed by atoms with van der Waals surface area (Å²) in [5.41, 5.74) is 2.96. The molecule has 1 unspecified atom stereocenters. The largest absolute Gasteiger partial charge is 0.444 e. The molecule has 0 saturated carbocycles. The summed E-state index contributed by atoms with van der Waals surface area (Å²) in [5, 5.41) is 12.2. The average Bonchev–Trinajstić information content (AvgIpc) is 3.30. The maximum atomic E-state index is 14.0. The van der Waals surface area contributed by atoms with E-state index in [0.29, 0.717) is 26.6 Å². The van der Waals surface area contributed by atoms with E-state index in [9.17, 15) is 28.0 Å². The van der Waals surface area contributed by atoms with Crippen molar-refractivity contribution in [3.63, 3.8) is 0 Å². The number of amides is 3. The molecular weight excluding hydrogens is 557 g/mol. The minimum absolute atomic E-state index is 0.129. The van der Waals surface area contributed by atoms with Crippen LogP contribution in [0.25, 0.3) is 21.7 Å². The molecule has 3 aromatic rings. The molecule has 3 heterocycles. The van der Waals surface area contributed by atoms with Gasteiger partial charge in [-0.05, 0) is 64.4 Å². The van der Waals surface area contributed by atoms with E-state index in [1.165, 1.54) is 0 Å². The number of alkyl halides is 3. The van der Waals surface area contributed by atoms with E-state index in [-0.39, 0.29) is 18.2 Å². The summed E-state index contributed by atoms with van der Waals surface area (Å²) in [6.07, 6.45) is -5.86. The molecule has 13 heteroatoms. The molecule has 0 radical (unpaired) electrons. The minimum atomic E-state index is -4.78. The van der Waals surface area contributed by atoms with Crippen molar-refractivity contribution in [3.05, 3.63) is 53.3 Å². The molecule has 1 aliphatic rings. The van der Waals surface area contributed by atoms with Gasteiger partial charge in [0.2, 0.25) is 0 Å². The summed E-state index contributed by atoms with van der Waals surface area (Å²) in [6.45, 7) is 7.17. The number of carbonyl (C=O) groups excluding carboxylic acids is 2. The maximum absolute atomic E-state index is 14.0. The first-order valence-corrected chi connectivity index (χ1v) is 13.6. The zero-order chi connectivity index (χ0) is 30.1. The molecule has 0 aliphatic carbocycles. The van der Waals surface area contributed by atoms with Crippen LogP contribution >= 0.6 is 11.3 Å². The van der Waals surface area contributed by atoms with Gasteiger partial charge in [0, 0.05) is 30.0 Å². The van der Waals surface area contributed by atoms with Gasteiger partial charge in [-0.25, -0.2) is 14.6 Å². The van der Waals surface area contributed by atoms with E-state index in [0.717, 1.165) is 33.2 Å². The van der Waals surface area contributed by atoms with Gasteiger partial charge in [0.1, 0.15) is 11.6 Å². The number of nitrogens with one attached hydrogen (secondary N) is 1. The normalized spacial score (nSPS) is 15.8. The lowest BCUT2D eigenvalue weighted by Gasteiger charge is -2.41. The number of aryl methyl sites for hydroxylation is 2. The zero-order valence-corrected chi connectivity index (χ0v) is 24.0. The number of aromatic nitrogens is 2. The number of hydrogen-bond acceptors (Lipinski definition) is 7. The van der Waals surface area contributed by atoms with E-state index >= 15 is 0 Å². The smallest absolute Gasteiger partial charge is 0.410 e. The van der Waals surface area contributed by atoms with Crippen molar-refractivity contribution < 1.29 is 27.5 Å². The van der Waals surface area contributed by atoms with Gasteiger partial charge < -0.3 is 9.64 Å². The molecule has 3 amide bonds. The highest BCUT2D eigenvalue weighted by molar-refractivity contribution is 7.19. The molecule has 2 aromatic heterocycles. The number of benzene rings is 1. The van der Waals surface area contributed by atoms with Gasteiger partial charge in [-0.2, -0.15) is 18.4 Å². The first kappa shape index (κ1) is 29.8. The van der Waals surface area contributed by atoms with E-state index in [1.807, 2.05) is 26.0 Å². The fourth-order valence-corrected chi connectivity index (χ4v) is 5.39. The lowest BCUT2D eigenvalue weighted by molar-refractivity contribution is -0.190. The summed E-state index contributed by atoms with van der Waals surface area (Å²) >= 11 is 1.16. The Balaban J connectivity index is 1.62. The van der Waals surface area contributed by atoms with Crippen LogP contribution in [0.5, 0.6) is 0 Å². The SMILES string of the molecule is Cc1cc(-c2sc(NC(=O)N3CCN(C(=O)OC(C)(C)C)C(C(F)(F)F)C3)nc2-c2cccc(C#N)c2)cc(C)n1. The van der Waals surface area contributed by atoms with Gasteiger partial charge in [-0.1, -0.05) is 23.5 Å². The summed E-state index contributed by atoms with van der Waals surface area (Å²) in [4.78, 5) is 37.0. The molecular formula is C28H29F3N6O3S. The third-order valence-corrected chi connectivity index (χ3v) is 7.14. The van der Waals surface area contributed by atoms with Crippen molar-refractivity contribution in [2.24, 2.45) is 0 Å². The van der Waals surface area contributed by atoms with Crippen LogP contribution in [0.3, 0.4) is 0 Å². The summed E-state index contributed by atoms with van der Waals surface area (Å²) in [5.74, 6) is 0. The summed E-state index contributed by atoms with van der Waals surface area (Å²) in [7, 11) is 0. The highest BCUT2D eigenvalue weighted by Gasteiger charge is 2.50. The maximum Gasteiger partial charge on any atom is 0.410 e. The number of rotatable bonds is 3. The van der Waals surface area contributed by atoms with Gasteiger partial charge in [-0.3, -0.25) is 15.2 Å². The molecule has 1 atom stereocenters. The average molecular weight is 587 g/mol. The van der Waals surface area contributed by atoms with Crippen molar-refractivity contribution in [1.29, 1.82) is 5.26 Å². The van der Waals surface area contributed by atoms with Gasteiger partial charge in [0.15, 0.2) is 5.13 Å². The second kappa shape index (κ2) is 11.4. The van der Waals surface area contributed by atoms with E-state index in [4.69, 9.17) is 4.74 Å². The van der Waals surface area contributed by atoms with Crippen molar-refractivity contribution >= 4 is 28.6 Å². The third kappa shape index (κ3) is 7.13. The number of pyridine rings is 1. The van der Waals surface area contributed by atoms with E-state index in [2.05, 4.69) is 21.4 Å². The number of piperazine rings is 1. The number of anilines is 1. The number of carbonyl (C=O) groups is 2. The van der Waals surface area contributed by atoms with Crippen LogP contribution in [0, 0.1) is 25.2 Å². The highest BCUT2D eigenvalue weighted by atomic mass is 32.1. The Morgan fingerprint density at radius 1 is 1.07 bits per heavy atom. The van der Waals surface area contributed by atoms with Crippen LogP contribution in [0.1, 0.15) is 37.7 Å². The van der Waals surface area contributed by atoms with Crippen LogP contribution in [-0.2, 0) is 4.74 Å². The van der Waals surface area contributed by atoms with Gasteiger partial charge in [0.05, 0.1) is 28.7 Å². The van der Waals surface area contributed by atoms with Crippen LogP contribution < -0.4 is 5.32 Å². The Bertz CT molecular complexity index is 1490. The first-order valence-electron chi connectivity index (χ1n) is 12.7. The number of hydrogen-bond donors (Lipinski definition) is 1. The lowest BCUT2D eigenvalue weighted by atomic mass is 10.0. The molecule has 0 spiro atoms. The molecule has 1 aromatic carbocycles. The summed E-state index contributed by atoms with van der Waals surface area (Å²) in [6, 6.07) is 9.68. The molecule has 1 N–H and O–H groups in total.